The van der Waals surface area contributed by atoms with E-state index in [1.807, 2.05) is 24.3 Å². The molecule has 1 heterocycles. The van der Waals surface area contributed by atoms with E-state index in [-0.39, 0.29) is 24.2 Å². The molecule has 0 saturated carbocycles. The summed E-state index contributed by atoms with van der Waals surface area (Å²) in [6.45, 7) is 1.60. The lowest BCUT2D eigenvalue weighted by molar-refractivity contribution is -0.114. The Morgan fingerprint density at radius 1 is 1.00 bits per heavy atom. The standard InChI is InChI=1S/C25H23FN4O2/c1-16(31)28-20-10-6-17(7-11-20)8-13-24-29-22-12-9-18(14-23(22)30-24)25(32)27-15-19-4-2-3-5-21(19)26/h2-7,9-12,14H,8,13,15H2,1H3,(H,27,32)(H,28,31)(H,29,30). The summed E-state index contributed by atoms with van der Waals surface area (Å²) in [5.74, 6) is 0.118. The molecule has 3 aromatic carbocycles. The number of rotatable bonds is 7. The van der Waals surface area contributed by atoms with Crippen LogP contribution in [0.1, 0.15) is 34.2 Å². The van der Waals surface area contributed by atoms with Crippen LogP contribution in [0, 0.1) is 5.82 Å². The van der Waals surface area contributed by atoms with Crippen LogP contribution in [-0.4, -0.2) is 21.8 Å². The van der Waals surface area contributed by atoms with Crippen LogP contribution in [-0.2, 0) is 24.2 Å². The van der Waals surface area contributed by atoms with Gasteiger partial charge in [0.2, 0.25) is 5.91 Å². The summed E-state index contributed by atoms with van der Waals surface area (Å²) < 4.78 is 13.7. The number of anilines is 1. The topological polar surface area (TPSA) is 86.9 Å². The van der Waals surface area contributed by atoms with Crippen LogP contribution in [0.3, 0.4) is 0 Å². The highest BCUT2D eigenvalue weighted by Gasteiger charge is 2.10. The molecule has 4 rings (SSSR count). The van der Waals surface area contributed by atoms with Crippen molar-refractivity contribution in [3.05, 3.63) is 95.1 Å². The maximum Gasteiger partial charge on any atom is 0.251 e. The van der Waals surface area contributed by atoms with E-state index in [0.717, 1.165) is 34.5 Å². The summed E-state index contributed by atoms with van der Waals surface area (Å²) in [6, 6.07) is 19.3. The number of hydrogen-bond acceptors (Lipinski definition) is 3. The summed E-state index contributed by atoms with van der Waals surface area (Å²) in [6.07, 6.45) is 1.50. The van der Waals surface area contributed by atoms with E-state index < -0.39 is 0 Å². The fraction of sp³-hybridized carbons (Fsp3) is 0.160. The van der Waals surface area contributed by atoms with Crippen LogP contribution in [0.5, 0.6) is 0 Å². The Labute approximate surface area is 184 Å². The van der Waals surface area contributed by atoms with Gasteiger partial charge in [0.15, 0.2) is 0 Å². The fourth-order valence-electron chi connectivity index (χ4n) is 3.46. The predicted octanol–water partition coefficient (Wildman–Crippen LogP) is 4.38. The van der Waals surface area contributed by atoms with E-state index in [2.05, 4.69) is 20.6 Å². The number of aryl methyl sites for hydroxylation is 2. The average Bonchev–Trinajstić information content (AvgIpc) is 3.19. The molecular weight excluding hydrogens is 407 g/mol. The predicted molar refractivity (Wildman–Crippen MR) is 122 cm³/mol. The molecule has 1 aromatic heterocycles. The van der Waals surface area contributed by atoms with Crippen LogP contribution >= 0.6 is 0 Å². The lowest BCUT2D eigenvalue weighted by Crippen LogP contribution is -2.23. The maximum absolute atomic E-state index is 13.7. The third-order valence-electron chi connectivity index (χ3n) is 5.12. The Kier molecular flexibility index (Phi) is 6.26. The molecule has 0 aliphatic carbocycles. The summed E-state index contributed by atoms with van der Waals surface area (Å²) in [5.41, 5.74) is 4.39. The number of aromatic nitrogens is 2. The molecule has 3 N–H and O–H groups in total. The summed E-state index contributed by atoms with van der Waals surface area (Å²) in [5, 5.41) is 5.50. The number of carbonyl (C=O) groups is 2. The van der Waals surface area contributed by atoms with Crippen LogP contribution in [0.25, 0.3) is 11.0 Å². The van der Waals surface area contributed by atoms with Gasteiger partial charge in [0.25, 0.3) is 5.91 Å². The minimum Gasteiger partial charge on any atom is -0.348 e. The molecule has 0 atom stereocenters. The number of aromatic amines is 1. The minimum absolute atomic E-state index is 0.0969. The fourth-order valence-corrected chi connectivity index (χ4v) is 3.46. The van der Waals surface area contributed by atoms with E-state index in [0.29, 0.717) is 17.5 Å². The van der Waals surface area contributed by atoms with Gasteiger partial charge in [-0.05, 0) is 48.4 Å². The Bertz CT molecular complexity index is 1260. The SMILES string of the molecule is CC(=O)Nc1ccc(CCc2nc3ccc(C(=O)NCc4ccccc4F)cc3[nH]2)cc1. The second kappa shape index (κ2) is 9.43. The van der Waals surface area contributed by atoms with Gasteiger partial charge in [-0.3, -0.25) is 9.59 Å². The highest BCUT2D eigenvalue weighted by molar-refractivity contribution is 5.97. The first-order valence-electron chi connectivity index (χ1n) is 10.3. The second-order valence-corrected chi connectivity index (χ2v) is 7.57. The molecule has 2 amide bonds. The zero-order valence-electron chi connectivity index (χ0n) is 17.6. The van der Waals surface area contributed by atoms with Gasteiger partial charge in [-0.15, -0.1) is 0 Å². The van der Waals surface area contributed by atoms with E-state index in [4.69, 9.17) is 0 Å². The smallest absolute Gasteiger partial charge is 0.251 e. The van der Waals surface area contributed by atoms with Gasteiger partial charge in [-0.25, -0.2) is 9.37 Å². The van der Waals surface area contributed by atoms with Gasteiger partial charge in [0, 0.05) is 36.7 Å². The number of amides is 2. The number of fused-ring (bicyclic) bond motifs is 1. The number of H-pyrrole nitrogens is 1. The summed E-state index contributed by atoms with van der Waals surface area (Å²) >= 11 is 0. The molecule has 0 saturated heterocycles. The average molecular weight is 430 g/mol. The van der Waals surface area contributed by atoms with Gasteiger partial charge >= 0.3 is 0 Å². The molecule has 0 aliphatic rings. The molecule has 0 unspecified atom stereocenters. The number of carbonyl (C=O) groups excluding carboxylic acids is 2. The zero-order valence-corrected chi connectivity index (χ0v) is 17.6. The number of imidazole rings is 1. The van der Waals surface area contributed by atoms with E-state index in [1.54, 1.807) is 36.4 Å². The first kappa shape index (κ1) is 21.2. The van der Waals surface area contributed by atoms with Crippen molar-refractivity contribution in [2.24, 2.45) is 0 Å². The Morgan fingerprint density at radius 2 is 1.78 bits per heavy atom. The van der Waals surface area contributed by atoms with Crippen molar-refractivity contribution in [1.82, 2.24) is 15.3 Å². The lowest BCUT2D eigenvalue weighted by atomic mass is 10.1. The number of halogens is 1. The van der Waals surface area contributed by atoms with Gasteiger partial charge in [-0.2, -0.15) is 0 Å². The summed E-state index contributed by atoms with van der Waals surface area (Å²) in [7, 11) is 0. The van der Waals surface area contributed by atoms with Crippen molar-refractivity contribution in [2.45, 2.75) is 26.3 Å². The normalized spacial score (nSPS) is 10.8. The van der Waals surface area contributed by atoms with E-state index >= 15 is 0 Å². The molecule has 0 radical (unpaired) electrons. The van der Waals surface area contributed by atoms with Crippen molar-refractivity contribution in [2.75, 3.05) is 5.32 Å². The highest BCUT2D eigenvalue weighted by atomic mass is 19.1. The van der Waals surface area contributed by atoms with Crippen molar-refractivity contribution >= 4 is 28.5 Å². The van der Waals surface area contributed by atoms with Crippen molar-refractivity contribution in [1.29, 1.82) is 0 Å². The van der Waals surface area contributed by atoms with Gasteiger partial charge in [-0.1, -0.05) is 30.3 Å². The molecule has 0 aliphatic heterocycles. The van der Waals surface area contributed by atoms with E-state index in [1.165, 1.54) is 13.0 Å². The maximum atomic E-state index is 13.7. The molecule has 162 valence electrons. The molecular formula is C25H23FN4O2. The van der Waals surface area contributed by atoms with Crippen molar-refractivity contribution < 1.29 is 14.0 Å². The Hall–Kier alpha value is -4.00. The first-order chi connectivity index (χ1) is 15.5. The third-order valence-corrected chi connectivity index (χ3v) is 5.12. The quantitative estimate of drug-likeness (QED) is 0.407. The van der Waals surface area contributed by atoms with Gasteiger partial charge < -0.3 is 15.6 Å². The number of benzene rings is 3. The molecule has 0 bridgehead atoms. The van der Waals surface area contributed by atoms with Crippen molar-refractivity contribution in [3.8, 4) is 0 Å². The Morgan fingerprint density at radius 3 is 2.53 bits per heavy atom. The molecule has 32 heavy (non-hydrogen) atoms. The Balaban J connectivity index is 1.38. The lowest BCUT2D eigenvalue weighted by Gasteiger charge is -2.06. The molecule has 0 spiro atoms. The molecule has 7 heteroatoms. The number of nitrogens with zero attached hydrogens (tertiary/aromatic N) is 1. The van der Waals surface area contributed by atoms with Crippen LogP contribution in [0.2, 0.25) is 0 Å². The van der Waals surface area contributed by atoms with Crippen LogP contribution in [0.15, 0.2) is 66.7 Å². The molecule has 6 nitrogen and oxygen atoms in total. The van der Waals surface area contributed by atoms with Gasteiger partial charge in [0.05, 0.1) is 11.0 Å². The number of hydrogen-bond donors (Lipinski definition) is 3. The largest absolute Gasteiger partial charge is 0.348 e. The van der Waals surface area contributed by atoms with Gasteiger partial charge in [0.1, 0.15) is 11.6 Å². The number of nitrogens with one attached hydrogen (secondary N) is 3. The van der Waals surface area contributed by atoms with Crippen LogP contribution < -0.4 is 10.6 Å². The van der Waals surface area contributed by atoms with Crippen LogP contribution in [0.4, 0.5) is 10.1 Å². The monoisotopic (exact) mass is 430 g/mol. The second-order valence-electron chi connectivity index (χ2n) is 7.57. The highest BCUT2D eigenvalue weighted by Crippen LogP contribution is 2.17. The summed E-state index contributed by atoms with van der Waals surface area (Å²) in [4.78, 5) is 31.5. The minimum atomic E-state index is -0.341. The first-order valence-corrected chi connectivity index (χ1v) is 10.3. The van der Waals surface area contributed by atoms with Crippen molar-refractivity contribution in [3.63, 3.8) is 0 Å². The van der Waals surface area contributed by atoms with E-state index in [9.17, 15) is 14.0 Å². The zero-order chi connectivity index (χ0) is 22.5. The molecule has 4 aromatic rings. The third kappa shape index (κ3) is 5.18. The molecule has 0 fully saturated rings.